The molecule has 0 N–H and O–H groups in total. The van der Waals surface area contributed by atoms with Crippen molar-refractivity contribution in [3.63, 3.8) is 0 Å². The summed E-state index contributed by atoms with van der Waals surface area (Å²) in [5.74, 6) is 2.94. The lowest BCUT2D eigenvalue weighted by molar-refractivity contribution is 0.0743. The molecule has 3 fully saturated rings. The van der Waals surface area contributed by atoms with Gasteiger partial charge in [-0.1, -0.05) is 12.1 Å². The number of ether oxygens (including phenoxy) is 1. The molecule has 0 bridgehead atoms. The van der Waals surface area contributed by atoms with Gasteiger partial charge in [0.25, 0.3) is 5.91 Å². The summed E-state index contributed by atoms with van der Waals surface area (Å²) in [5, 5.41) is 0. The molecule has 9 nitrogen and oxygen atoms in total. The first-order valence-corrected chi connectivity index (χ1v) is 11.7. The zero-order chi connectivity index (χ0) is 21.9. The summed E-state index contributed by atoms with van der Waals surface area (Å²) in [6.07, 6.45) is 4.74. The van der Waals surface area contributed by atoms with Crippen molar-refractivity contribution < 1.29 is 9.53 Å². The fraction of sp³-hybridized carbons (Fsp3) is 0.565. The van der Waals surface area contributed by atoms with Gasteiger partial charge in [0.15, 0.2) is 0 Å². The van der Waals surface area contributed by atoms with Crippen LogP contribution in [0.4, 0.5) is 17.8 Å². The Morgan fingerprint density at radius 2 is 1.19 bits per heavy atom. The van der Waals surface area contributed by atoms with Gasteiger partial charge in [-0.25, -0.2) is 0 Å². The SMILES string of the molecule is COc1ccccc1C(=O)N1CCN(c2nc(N3CCCC3)nc(N3CCCC3)n2)CC1. The molecule has 1 aromatic carbocycles. The van der Waals surface area contributed by atoms with Crippen LogP contribution in [0.2, 0.25) is 0 Å². The second kappa shape index (κ2) is 9.18. The van der Waals surface area contributed by atoms with Crippen LogP contribution >= 0.6 is 0 Å². The highest BCUT2D eigenvalue weighted by atomic mass is 16.5. The normalized spacial score (nSPS) is 19.0. The number of carbonyl (C=O) groups excluding carboxylic acids is 1. The summed E-state index contributed by atoms with van der Waals surface area (Å²) in [5.41, 5.74) is 0.608. The number of methoxy groups -OCH3 is 1. The molecular formula is C23H31N7O2. The molecule has 3 aliphatic heterocycles. The third kappa shape index (κ3) is 4.16. The van der Waals surface area contributed by atoms with Crippen LogP contribution in [0.25, 0.3) is 0 Å². The summed E-state index contributed by atoms with van der Waals surface area (Å²) in [6, 6.07) is 7.40. The monoisotopic (exact) mass is 437 g/mol. The van der Waals surface area contributed by atoms with Crippen molar-refractivity contribution in [2.45, 2.75) is 25.7 Å². The number of para-hydroxylation sites is 1. The van der Waals surface area contributed by atoms with Gasteiger partial charge in [0, 0.05) is 52.4 Å². The van der Waals surface area contributed by atoms with Crippen molar-refractivity contribution in [2.75, 3.05) is 74.2 Å². The first-order chi connectivity index (χ1) is 15.7. The van der Waals surface area contributed by atoms with Crippen molar-refractivity contribution in [1.29, 1.82) is 0 Å². The van der Waals surface area contributed by atoms with Crippen LogP contribution in [0.5, 0.6) is 5.75 Å². The van der Waals surface area contributed by atoms with E-state index in [1.165, 1.54) is 25.7 Å². The highest BCUT2D eigenvalue weighted by Crippen LogP contribution is 2.25. The number of hydrogen-bond acceptors (Lipinski definition) is 8. The summed E-state index contributed by atoms with van der Waals surface area (Å²) < 4.78 is 5.38. The number of rotatable bonds is 5. The predicted octanol–water partition coefficient (Wildman–Crippen LogP) is 2.04. The first-order valence-electron chi connectivity index (χ1n) is 11.7. The van der Waals surface area contributed by atoms with Crippen LogP contribution in [0, 0.1) is 0 Å². The van der Waals surface area contributed by atoms with E-state index in [1.54, 1.807) is 7.11 Å². The van der Waals surface area contributed by atoms with E-state index in [0.29, 0.717) is 37.5 Å². The molecule has 2 aromatic rings. The van der Waals surface area contributed by atoms with Crippen LogP contribution in [0.3, 0.4) is 0 Å². The minimum atomic E-state index is 0.00765. The van der Waals surface area contributed by atoms with Crippen LogP contribution in [0.1, 0.15) is 36.0 Å². The molecule has 1 aromatic heterocycles. The molecule has 5 rings (SSSR count). The van der Waals surface area contributed by atoms with E-state index in [0.717, 1.165) is 44.0 Å². The number of piperazine rings is 1. The van der Waals surface area contributed by atoms with Crippen molar-refractivity contribution in [3.8, 4) is 5.75 Å². The van der Waals surface area contributed by atoms with Gasteiger partial charge in [-0.15, -0.1) is 0 Å². The number of nitrogens with zero attached hydrogens (tertiary/aromatic N) is 7. The molecule has 0 atom stereocenters. The topological polar surface area (TPSA) is 77.9 Å². The van der Waals surface area contributed by atoms with Gasteiger partial charge in [0.05, 0.1) is 12.7 Å². The first kappa shape index (κ1) is 20.8. The molecule has 0 aliphatic carbocycles. The Hall–Kier alpha value is -3.10. The van der Waals surface area contributed by atoms with E-state index in [2.05, 4.69) is 14.7 Å². The van der Waals surface area contributed by atoms with Crippen molar-refractivity contribution >= 4 is 23.8 Å². The number of hydrogen-bond donors (Lipinski definition) is 0. The molecule has 0 unspecified atom stereocenters. The Morgan fingerprint density at radius 3 is 1.69 bits per heavy atom. The largest absolute Gasteiger partial charge is 0.496 e. The quantitative estimate of drug-likeness (QED) is 0.703. The zero-order valence-electron chi connectivity index (χ0n) is 18.7. The molecular weight excluding hydrogens is 406 g/mol. The smallest absolute Gasteiger partial charge is 0.257 e. The molecule has 3 aliphatic rings. The van der Waals surface area contributed by atoms with Crippen LogP contribution < -0.4 is 19.4 Å². The molecule has 4 heterocycles. The van der Waals surface area contributed by atoms with E-state index in [4.69, 9.17) is 19.7 Å². The third-order valence-electron chi connectivity index (χ3n) is 6.56. The summed E-state index contributed by atoms with van der Waals surface area (Å²) >= 11 is 0. The molecule has 1 amide bonds. The van der Waals surface area contributed by atoms with Crippen LogP contribution in [0.15, 0.2) is 24.3 Å². The Morgan fingerprint density at radius 1 is 0.719 bits per heavy atom. The molecule has 0 saturated carbocycles. The van der Waals surface area contributed by atoms with Gasteiger partial charge >= 0.3 is 0 Å². The number of carbonyl (C=O) groups is 1. The Bertz CT molecular complexity index is 915. The average Bonchev–Trinajstić information content (AvgIpc) is 3.58. The molecule has 3 saturated heterocycles. The fourth-order valence-electron chi connectivity index (χ4n) is 4.70. The van der Waals surface area contributed by atoms with Gasteiger partial charge in [-0.05, 0) is 37.8 Å². The Balaban J connectivity index is 1.33. The summed E-state index contributed by atoms with van der Waals surface area (Å²) in [7, 11) is 1.60. The average molecular weight is 438 g/mol. The molecule has 32 heavy (non-hydrogen) atoms. The lowest BCUT2D eigenvalue weighted by atomic mass is 10.1. The van der Waals surface area contributed by atoms with Gasteiger partial charge in [-0.3, -0.25) is 4.79 Å². The minimum Gasteiger partial charge on any atom is -0.496 e. The van der Waals surface area contributed by atoms with Gasteiger partial charge in [0.1, 0.15) is 5.75 Å². The van der Waals surface area contributed by atoms with Crippen molar-refractivity contribution in [1.82, 2.24) is 19.9 Å². The third-order valence-corrected chi connectivity index (χ3v) is 6.56. The lowest BCUT2D eigenvalue weighted by Crippen LogP contribution is -2.49. The molecule has 0 radical (unpaired) electrons. The van der Waals surface area contributed by atoms with Crippen LogP contribution in [-0.4, -0.2) is 85.2 Å². The van der Waals surface area contributed by atoms with Crippen LogP contribution in [-0.2, 0) is 0 Å². The van der Waals surface area contributed by atoms with Gasteiger partial charge in [0.2, 0.25) is 17.8 Å². The maximum atomic E-state index is 13.1. The number of amides is 1. The number of benzene rings is 1. The van der Waals surface area contributed by atoms with Crippen molar-refractivity contribution in [2.24, 2.45) is 0 Å². The fourth-order valence-corrected chi connectivity index (χ4v) is 4.70. The van der Waals surface area contributed by atoms with E-state index in [-0.39, 0.29) is 5.91 Å². The van der Waals surface area contributed by atoms with E-state index in [1.807, 2.05) is 29.2 Å². The maximum absolute atomic E-state index is 13.1. The van der Waals surface area contributed by atoms with Crippen molar-refractivity contribution in [3.05, 3.63) is 29.8 Å². The molecule has 0 spiro atoms. The Kier molecular flexibility index (Phi) is 5.96. The summed E-state index contributed by atoms with van der Waals surface area (Å²) in [6.45, 7) is 6.66. The molecule has 170 valence electrons. The van der Waals surface area contributed by atoms with E-state index >= 15 is 0 Å². The number of anilines is 3. The van der Waals surface area contributed by atoms with Gasteiger partial charge < -0.3 is 24.3 Å². The maximum Gasteiger partial charge on any atom is 0.257 e. The van der Waals surface area contributed by atoms with E-state index < -0.39 is 0 Å². The second-order valence-electron chi connectivity index (χ2n) is 8.60. The molecule has 9 heteroatoms. The summed E-state index contributed by atoms with van der Waals surface area (Å²) in [4.78, 5) is 36.2. The Labute approximate surface area is 189 Å². The predicted molar refractivity (Wildman–Crippen MR) is 124 cm³/mol. The highest BCUT2D eigenvalue weighted by molar-refractivity contribution is 5.97. The zero-order valence-corrected chi connectivity index (χ0v) is 18.7. The lowest BCUT2D eigenvalue weighted by Gasteiger charge is -2.35. The van der Waals surface area contributed by atoms with Gasteiger partial charge in [-0.2, -0.15) is 15.0 Å². The van der Waals surface area contributed by atoms with E-state index in [9.17, 15) is 4.79 Å². The second-order valence-corrected chi connectivity index (χ2v) is 8.60. The highest BCUT2D eigenvalue weighted by Gasteiger charge is 2.28. The number of aromatic nitrogens is 3. The standard InChI is InChI=1S/C23H31N7O2/c1-32-19-9-3-2-8-18(19)20(31)27-14-16-30(17-15-27)23-25-21(28-10-4-5-11-28)24-22(26-23)29-12-6-7-13-29/h2-3,8-9H,4-7,10-17H2,1H3. The minimum absolute atomic E-state index is 0.00765.